The third kappa shape index (κ3) is 4.62. The SMILES string of the molecule is COc1ccccc1C(NC(=O)CNC(=O)c1ccc(F)cc1F)c1nccn1C. The van der Waals surface area contributed by atoms with Crippen molar-refractivity contribution in [1.82, 2.24) is 20.2 Å². The van der Waals surface area contributed by atoms with Crippen LogP contribution in [0.25, 0.3) is 0 Å². The van der Waals surface area contributed by atoms with Gasteiger partial charge in [-0.15, -0.1) is 0 Å². The Balaban J connectivity index is 1.75. The van der Waals surface area contributed by atoms with E-state index in [0.29, 0.717) is 23.2 Å². The maximum Gasteiger partial charge on any atom is 0.254 e. The molecule has 1 atom stereocenters. The summed E-state index contributed by atoms with van der Waals surface area (Å²) in [5.41, 5.74) is 0.327. The van der Waals surface area contributed by atoms with Crippen molar-refractivity contribution in [2.24, 2.45) is 7.05 Å². The molecular weight excluding hydrogens is 394 g/mol. The maximum atomic E-state index is 13.7. The van der Waals surface area contributed by atoms with Crippen molar-refractivity contribution < 1.29 is 23.1 Å². The van der Waals surface area contributed by atoms with Crippen LogP contribution in [0.3, 0.4) is 0 Å². The van der Waals surface area contributed by atoms with Gasteiger partial charge in [0.2, 0.25) is 5.91 Å². The fraction of sp³-hybridized carbons (Fsp3) is 0.190. The van der Waals surface area contributed by atoms with E-state index in [1.807, 2.05) is 0 Å². The summed E-state index contributed by atoms with van der Waals surface area (Å²) >= 11 is 0. The third-order valence-electron chi connectivity index (χ3n) is 4.46. The number of carbonyl (C=O) groups is 2. The van der Waals surface area contributed by atoms with Crippen molar-refractivity contribution in [3.63, 3.8) is 0 Å². The van der Waals surface area contributed by atoms with Gasteiger partial charge >= 0.3 is 0 Å². The molecule has 3 rings (SSSR count). The molecule has 2 aromatic carbocycles. The second-order valence-corrected chi connectivity index (χ2v) is 6.45. The molecule has 0 bridgehead atoms. The molecule has 0 aliphatic heterocycles. The van der Waals surface area contributed by atoms with Gasteiger partial charge in [0.1, 0.15) is 29.3 Å². The first-order chi connectivity index (χ1) is 14.4. The molecule has 2 N–H and O–H groups in total. The van der Waals surface area contributed by atoms with Crippen LogP contribution in [0.2, 0.25) is 0 Å². The quantitative estimate of drug-likeness (QED) is 0.622. The smallest absolute Gasteiger partial charge is 0.254 e. The Morgan fingerprint density at radius 2 is 1.97 bits per heavy atom. The van der Waals surface area contributed by atoms with Gasteiger partial charge in [0.25, 0.3) is 5.91 Å². The number of nitrogens with zero attached hydrogens (tertiary/aromatic N) is 2. The Morgan fingerprint density at radius 3 is 2.63 bits per heavy atom. The van der Waals surface area contributed by atoms with E-state index < -0.39 is 36.0 Å². The average molecular weight is 414 g/mol. The summed E-state index contributed by atoms with van der Waals surface area (Å²) in [7, 11) is 3.31. The Kier molecular flexibility index (Phi) is 6.41. The normalized spacial score (nSPS) is 11.6. The van der Waals surface area contributed by atoms with E-state index in [0.717, 1.165) is 12.1 Å². The predicted molar refractivity (Wildman–Crippen MR) is 105 cm³/mol. The van der Waals surface area contributed by atoms with E-state index in [1.165, 1.54) is 7.11 Å². The number of aromatic nitrogens is 2. The summed E-state index contributed by atoms with van der Waals surface area (Å²) in [6.45, 7) is -0.411. The van der Waals surface area contributed by atoms with Crippen LogP contribution in [0.4, 0.5) is 8.78 Å². The zero-order valence-corrected chi connectivity index (χ0v) is 16.4. The highest BCUT2D eigenvalue weighted by molar-refractivity contribution is 5.96. The van der Waals surface area contributed by atoms with E-state index in [4.69, 9.17) is 4.74 Å². The summed E-state index contributed by atoms with van der Waals surface area (Å²) < 4.78 is 33.9. The first-order valence-electron chi connectivity index (χ1n) is 9.03. The first-order valence-corrected chi connectivity index (χ1v) is 9.03. The van der Waals surface area contributed by atoms with Crippen molar-refractivity contribution in [3.8, 4) is 5.75 Å². The molecule has 9 heteroatoms. The van der Waals surface area contributed by atoms with Crippen LogP contribution in [-0.4, -0.2) is 35.0 Å². The molecule has 30 heavy (non-hydrogen) atoms. The number of nitrogens with one attached hydrogen (secondary N) is 2. The van der Waals surface area contributed by atoms with E-state index >= 15 is 0 Å². The van der Waals surface area contributed by atoms with E-state index in [2.05, 4.69) is 15.6 Å². The highest BCUT2D eigenvalue weighted by atomic mass is 19.1. The molecule has 0 saturated heterocycles. The van der Waals surface area contributed by atoms with Crippen LogP contribution in [-0.2, 0) is 11.8 Å². The number of amides is 2. The lowest BCUT2D eigenvalue weighted by Gasteiger charge is -2.21. The van der Waals surface area contributed by atoms with E-state index in [9.17, 15) is 18.4 Å². The molecule has 2 amide bonds. The standard InChI is InChI=1S/C21H20F2N4O3/c1-27-10-9-24-20(27)19(15-5-3-4-6-17(15)30-2)26-18(28)12-25-21(29)14-8-7-13(22)11-16(14)23/h3-11,19H,12H2,1-2H3,(H,25,29)(H,26,28). The van der Waals surface area contributed by atoms with Crippen LogP contribution in [0.5, 0.6) is 5.75 Å². The number of aryl methyl sites for hydroxylation is 1. The monoisotopic (exact) mass is 414 g/mol. The number of hydrogen-bond acceptors (Lipinski definition) is 4. The van der Waals surface area contributed by atoms with Gasteiger partial charge in [-0.1, -0.05) is 18.2 Å². The first kappa shape index (κ1) is 21.0. The predicted octanol–water partition coefficient (Wildman–Crippen LogP) is 2.34. The molecule has 0 aliphatic carbocycles. The van der Waals surface area contributed by atoms with Gasteiger partial charge in [0, 0.05) is 31.1 Å². The van der Waals surface area contributed by atoms with Crippen molar-refractivity contribution in [2.75, 3.05) is 13.7 Å². The van der Waals surface area contributed by atoms with Crippen molar-refractivity contribution in [3.05, 3.63) is 83.4 Å². The lowest BCUT2D eigenvalue weighted by Crippen LogP contribution is -2.40. The second-order valence-electron chi connectivity index (χ2n) is 6.45. The minimum absolute atomic E-state index is 0.352. The summed E-state index contributed by atoms with van der Waals surface area (Å²) in [6, 6.07) is 9.11. The topological polar surface area (TPSA) is 85.2 Å². The summed E-state index contributed by atoms with van der Waals surface area (Å²) in [6.07, 6.45) is 3.34. The Hall–Kier alpha value is -3.75. The van der Waals surface area contributed by atoms with Crippen LogP contribution >= 0.6 is 0 Å². The van der Waals surface area contributed by atoms with Crippen LogP contribution in [0, 0.1) is 11.6 Å². The molecule has 7 nitrogen and oxygen atoms in total. The highest BCUT2D eigenvalue weighted by Gasteiger charge is 2.24. The van der Waals surface area contributed by atoms with Crippen LogP contribution in [0.1, 0.15) is 27.8 Å². The van der Waals surface area contributed by atoms with Crippen molar-refractivity contribution in [1.29, 1.82) is 0 Å². The number of methoxy groups -OCH3 is 1. The molecule has 0 spiro atoms. The molecule has 0 saturated carbocycles. The number of para-hydroxylation sites is 1. The van der Waals surface area contributed by atoms with Crippen molar-refractivity contribution in [2.45, 2.75) is 6.04 Å². The summed E-state index contributed by atoms with van der Waals surface area (Å²) in [4.78, 5) is 29.0. The number of benzene rings is 2. The molecule has 0 aliphatic rings. The fourth-order valence-corrected chi connectivity index (χ4v) is 2.98. The number of halogens is 2. The van der Waals surface area contributed by atoms with Gasteiger partial charge in [-0.05, 0) is 18.2 Å². The van der Waals surface area contributed by atoms with Gasteiger partial charge in [-0.2, -0.15) is 0 Å². The highest BCUT2D eigenvalue weighted by Crippen LogP contribution is 2.28. The zero-order valence-electron chi connectivity index (χ0n) is 16.4. The molecule has 156 valence electrons. The third-order valence-corrected chi connectivity index (χ3v) is 4.46. The molecule has 0 fully saturated rings. The minimum atomic E-state index is -1.01. The largest absolute Gasteiger partial charge is 0.496 e. The Bertz CT molecular complexity index is 1070. The summed E-state index contributed by atoms with van der Waals surface area (Å²) in [5, 5.41) is 5.14. The molecule has 3 aromatic rings. The maximum absolute atomic E-state index is 13.7. The fourth-order valence-electron chi connectivity index (χ4n) is 2.98. The minimum Gasteiger partial charge on any atom is -0.496 e. The van der Waals surface area contributed by atoms with Crippen LogP contribution < -0.4 is 15.4 Å². The molecule has 0 radical (unpaired) electrons. The summed E-state index contributed by atoms with van der Waals surface area (Å²) in [5.74, 6) is -2.03. The van der Waals surface area contributed by atoms with E-state index in [-0.39, 0.29) is 5.56 Å². The molecular formula is C21H20F2N4O3. The number of hydrogen-bond donors (Lipinski definition) is 2. The number of rotatable bonds is 7. The lowest BCUT2D eigenvalue weighted by molar-refractivity contribution is -0.120. The number of imidazole rings is 1. The number of carbonyl (C=O) groups excluding carboxylic acids is 2. The van der Waals surface area contributed by atoms with Gasteiger partial charge in [-0.25, -0.2) is 13.8 Å². The van der Waals surface area contributed by atoms with Gasteiger partial charge in [0.05, 0.1) is 19.2 Å². The van der Waals surface area contributed by atoms with Gasteiger partial charge in [0.15, 0.2) is 0 Å². The van der Waals surface area contributed by atoms with Gasteiger partial charge in [-0.3, -0.25) is 9.59 Å². The average Bonchev–Trinajstić information content (AvgIpc) is 3.16. The van der Waals surface area contributed by atoms with Crippen molar-refractivity contribution >= 4 is 11.8 Å². The Labute approximate surface area is 171 Å². The molecule has 1 heterocycles. The molecule has 1 aromatic heterocycles. The second kappa shape index (κ2) is 9.17. The molecule has 1 unspecified atom stereocenters. The van der Waals surface area contributed by atoms with E-state index in [1.54, 1.807) is 48.3 Å². The van der Waals surface area contributed by atoms with Gasteiger partial charge < -0.3 is 19.9 Å². The van der Waals surface area contributed by atoms with Crippen LogP contribution in [0.15, 0.2) is 54.9 Å². The Morgan fingerprint density at radius 1 is 1.20 bits per heavy atom. The number of ether oxygens (including phenoxy) is 1. The zero-order chi connectivity index (χ0) is 21.7. The lowest BCUT2D eigenvalue weighted by atomic mass is 10.0.